The fraction of sp³-hybridized carbons (Fsp3) is 0.500. The van der Waals surface area contributed by atoms with Gasteiger partial charge in [-0.1, -0.05) is 49.2 Å². The van der Waals surface area contributed by atoms with Crippen molar-refractivity contribution in [3.05, 3.63) is 36.2 Å². The summed E-state index contributed by atoms with van der Waals surface area (Å²) in [6.07, 6.45) is 8.27. The predicted octanol–water partition coefficient (Wildman–Crippen LogP) is 3.51. The molecule has 0 saturated heterocycles. The van der Waals surface area contributed by atoms with Crippen molar-refractivity contribution in [3.63, 3.8) is 0 Å². The lowest BCUT2D eigenvalue weighted by atomic mass is 9.95. The Morgan fingerprint density at radius 2 is 2.08 bits per heavy atom. The topological polar surface area (TPSA) is 59.8 Å². The summed E-state index contributed by atoms with van der Waals surface area (Å²) < 4.78 is 1.99. The standard InChI is InChI=1S/C18H24N4OS/c1-14-7-5-6-10-16(14)22-13-19-21-18(22)24-12-11-17(23)20-15-8-3-2-4-9-15/h5-7,10,13,15H,2-4,8-9,11-12H2,1H3,(H,20,23). The molecule has 1 N–H and O–H groups in total. The van der Waals surface area contributed by atoms with E-state index in [4.69, 9.17) is 0 Å². The average Bonchev–Trinajstić information content (AvgIpc) is 3.04. The molecule has 3 rings (SSSR count). The molecule has 6 heteroatoms. The van der Waals surface area contributed by atoms with E-state index in [1.165, 1.54) is 24.8 Å². The van der Waals surface area contributed by atoms with Crippen LogP contribution in [-0.2, 0) is 4.79 Å². The molecule has 0 spiro atoms. The highest BCUT2D eigenvalue weighted by atomic mass is 32.2. The second kappa shape index (κ2) is 8.33. The van der Waals surface area contributed by atoms with Crippen LogP contribution in [0.2, 0.25) is 0 Å². The second-order valence-electron chi connectivity index (χ2n) is 6.27. The summed E-state index contributed by atoms with van der Waals surface area (Å²) in [6.45, 7) is 2.07. The zero-order valence-electron chi connectivity index (χ0n) is 14.1. The molecule has 0 radical (unpaired) electrons. The fourth-order valence-corrected chi connectivity index (χ4v) is 3.96. The fourth-order valence-electron chi connectivity index (χ4n) is 3.10. The third-order valence-electron chi connectivity index (χ3n) is 4.42. The minimum absolute atomic E-state index is 0.149. The molecule has 2 aromatic rings. The van der Waals surface area contributed by atoms with E-state index in [1.807, 2.05) is 16.7 Å². The molecule has 1 aliphatic carbocycles. The van der Waals surface area contributed by atoms with Crippen molar-refractivity contribution in [2.45, 2.75) is 56.6 Å². The molecule has 0 atom stereocenters. The summed E-state index contributed by atoms with van der Waals surface area (Å²) in [5.74, 6) is 0.861. The number of hydrogen-bond acceptors (Lipinski definition) is 4. The summed E-state index contributed by atoms with van der Waals surface area (Å²) >= 11 is 1.58. The van der Waals surface area contributed by atoms with Gasteiger partial charge in [-0.15, -0.1) is 10.2 Å². The Hall–Kier alpha value is -1.82. The number of nitrogens with one attached hydrogen (secondary N) is 1. The lowest BCUT2D eigenvalue weighted by molar-refractivity contribution is -0.121. The molecule has 1 aliphatic rings. The summed E-state index contributed by atoms with van der Waals surface area (Å²) in [4.78, 5) is 12.1. The molecule has 1 fully saturated rings. The van der Waals surface area contributed by atoms with Crippen molar-refractivity contribution in [3.8, 4) is 5.69 Å². The van der Waals surface area contributed by atoms with Gasteiger partial charge in [0.15, 0.2) is 5.16 Å². The highest BCUT2D eigenvalue weighted by Gasteiger charge is 2.16. The summed E-state index contributed by atoms with van der Waals surface area (Å²) in [7, 11) is 0. The molecule has 24 heavy (non-hydrogen) atoms. The van der Waals surface area contributed by atoms with E-state index in [-0.39, 0.29) is 5.91 Å². The largest absolute Gasteiger partial charge is 0.353 e. The molecule has 0 aliphatic heterocycles. The highest BCUT2D eigenvalue weighted by molar-refractivity contribution is 7.99. The number of aromatic nitrogens is 3. The predicted molar refractivity (Wildman–Crippen MR) is 96.5 cm³/mol. The number of nitrogens with zero attached hydrogens (tertiary/aromatic N) is 3. The van der Waals surface area contributed by atoms with Gasteiger partial charge in [0, 0.05) is 18.2 Å². The van der Waals surface area contributed by atoms with Crippen LogP contribution in [0.1, 0.15) is 44.1 Å². The van der Waals surface area contributed by atoms with Gasteiger partial charge < -0.3 is 5.32 Å². The third kappa shape index (κ3) is 4.38. The Kier molecular flexibility index (Phi) is 5.91. The van der Waals surface area contributed by atoms with Gasteiger partial charge in [-0.25, -0.2) is 0 Å². The van der Waals surface area contributed by atoms with Crippen LogP contribution < -0.4 is 5.32 Å². The smallest absolute Gasteiger partial charge is 0.221 e. The van der Waals surface area contributed by atoms with E-state index in [2.05, 4.69) is 34.6 Å². The van der Waals surface area contributed by atoms with Crippen LogP contribution in [0.15, 0.2) is 35.7 Å². The van der Waals surface area contributed by atoms with Crippen LogP contribution in [0.3, 0.4) is 0 Å². The summed E-state index contributed by atoms with van der Waals surface area (Å²) in [5, 5.41) is 12.2. The average molecular weight is 344 g/mol. The van der Waals surface area contributed by atoms with Crippen LogP contribution >= 0.6 is 11.8 Å². The molecule has 0 bridgehead atoms. The molecule has 0 unspecified atom stereocenters. The molecular formula is C18H24N4OS. The van der Waals surface area contributed by atoms with Crippen molar-refractivity contribution >= 4 is 17.7 Å². The quantitative estimate of drug-likeness (QED) is 0.815. The first-order valence-corrected chi connectivity index (χ1v) is 9.61. The number of aryl methyl sites for hydroxylation is 1. The van der Waals surface area contributed by atoms with E-state index in [9.17, 15) is 4.79 Å². The summed E-state index contributed by atoms with van der Waals surface area (Å²) in [5.41, 5.74) is 2.26. The van der Waals surface area contributed by atoms with Gasteiger partial charge in [-0.3, -0.25) is 9.36 Å². The zero-order valence-corrected chi connectivity index (χ0v) is 14.9. The van der Waals surface area contributed by atoms with E-state index in [1.54, 1.807) is 18.1 Å². The maximum absolute atomic E-state index is 12.1. The van der Waals surface area contributed by atoms with Gasteiger partial charge in [0.05, 0.1) is 5.69 Å². The van der Waals surface area contributed by atoms with Crippen molar-refractivity contribution in [1.82, 2.24) is 20.1 Å². The molecule has 1 amide bonds. The number of rotatable bonds is 6. The van der Waals surface area contributed by atoms with Crippen LogP contribution in [0.4, 0.5) is 0 Å². The van der Waals surface area contributed by atoms with Crippen LogP contribution in [0, 0.1) is 6.92 Å². The van der Waals surface area contributed by atoms with E-state index >= 15 is 0 Å². The van der Waals surface area contributed by atoms with Gasteiger partial charge in [0.1, 0.15) is 6.33 Å². The summed E-state index contributed by atoms with van der Waals surface area (Å²) in [6, 6.07) is 8.53. The number of hydrogen-bond donors (Lipinski definition) is 1. The maximum atomic E-state index is 12.1. The molecular weight excluding hydrogens is 320 g/mol. The van der Waals surface area contributed by atoms with Gasteiger partial charge in [0.25, 0.3) is 0 Å². The van der Waals surface area contributed by atoms with Crippen molar-refractivity contribution in [2.75, 3.05) is 5.75 Å². The minimum Gasteiger partial charge on any atom is -0.353 e. The monoisotopic (exact) mass is 344 g/mol. The van der Waals surface area contributed by atoms with Gasteiger partial charge >= 0.3 is 0 Å². The third-order valence-corrected chi connectivity index (χ3v) is 5.37. The Morgan fingerprint density at radius 3 is 2.88 bits per heavy atom. The molecule has 1 heterocycles. The minimum atomic E-state index is 0.149. The first-order valence-electron chi connectivity index (χ1n) is 8.62. The number of carbonyl (C=O) groups is 1. The van der Waals surface area contributed by atoms with Gasteiger partial charge in [0.2, 0.25) is 5.91 Å². The van der Waals surface area contributed by atoms with E-state index < -0.39 is 0 Å². The van der Waals surface area contributed by atoms with Crippen LogP contribution in [0.5, 0.6) is 0 Å². The van der Waals surface area contributed by atoms with Gasteiger partial charge in [-0.05, 0) is 31.4 Å². The Labute approximate surface area is 147 Å². The molecule has 1 aromatic carbocycles. The number of amides is 1. The highest BCUT2D eigenvalue weighted by Crippen LogP contribution is 2.22. The number of benzene rings is 1. The molecule has 1 saturated carbocycles. The Balaban J connectivity index is 1.51. The number of carbonyl (C=O) groups excluding carboxylic acids is 1. The SMILES string of the molecule is Cc1ccccc1-n1cnnc1SCCC(=O)NC1CCCCC1. The number of thioether (sulfide) groups is 1. The normalized spacial score (nSPS) is 15.4. The first kappa shape index (κ1) is 17.0. The van der Waals surface area contributed by atoms with Gasteiger partial charge in [-0.2, -0.15) is 0 Å². The molecule has 1 aromatic heterocycles. The van der Waals surface area contributed by atoms with Crippen molar-refractivity contribution in [1.29, 1.82) is 0 Å². The maximum Gasteiger partial charge on any atom is 0.221 e. The van der Waals surface area contributed by atoms with Crippen LogP contribution in [0.25, 0.3) is 5.69 Å². The lowest BCUT2D eigenvalue weighted by Gasteiger charge is -2.22. The molecule has 128 valence electrons. The number of para-hydroxylation sites is 1. The van der Waals surface area contributed by atoms with E-state index in [0.29, 0.717) is 18.2 Å². The van der Waals surface area contributed by atoms with E-state index in [0.717, 1.165) is 23.7 Å². The van der Waals surface area contributed by atoms with Crippen molar-refractivity contribution < 1.29 is 4.79 Å². The lowest BCUT2D eigenvalue weighted by Crippen LogP contribution is -2.36. The van der Waals surface area contributed by atoms with Crippen molar-refractivity contribution in [2.24, 2.45) is 0 Å². The zero-order chi connectivity index (χ0) is 16.8. The first-order chi connectivity index (χ1) is 11.7. The Bertz CT molecular complexity index is 679. The Morgan fingerprint density at radius 1 is 1.29 bits per heavy atom. The second-order valence-corrected chi connectivity index (χ2v) is 7.33. The molecule has 5 nitrogen and oxygen atoms in total. The van der Waals surface area contributed by atoms with Crippen LogP contribution in [-0.4, -0.2) is 32.5 Å².